The van der Waals surface area contributed by atoms with Crippen molar-refractivity contribution in [3.8, 4) is 5.75 Å². The smallest absolute Gasteiger partial charge is 0.335 e. The van der Waals surface area contributed by atoms with Crippen LogP contribution < -0.4 is 4.74 Å². The molecule has 0 radical (unpaired) electrons. The normalized spacial score (nSPS) is 9.57. The topological polar surface area (TPSA) is 63.6 Å². The molecular formula is C10H10O4. The highest BCUT2D eigenvalue weighted by Gasteiger charge is 2.07. The first-order chi connectivity index (χ1) is 6.50. The van der Waals surface area contributed by atoms with E-state index in [4.69, 9.17) is 9.84 Å². The summed E-state index contributed by atoms with van der Waals surface area (Å²) in [5.74, 6) is -1.03. The number of esters is 1. The van der Waals surface area contributed by atoms with Gasteiger partial charge in [-0.15, -0.1) is 0 Å². The number of hydrogen-bond acceptors (Lipinski definition) is 3. The number of carboxylic acids is 1. The molecule has 0 aliphatic carbocycles. The highest BCUT2D eigenvalue weighted by Crippen LogP contribution is 2.19. The maximum Gasteiger partial charge on any atom is 0.335 e. The van der Waals surface area contributed by atoms with Gasteiger partial charge in [-0.25, -0.2) is 4.79 Å². The first kappa shape index (κ1) is 10.2. The highest BCUT2D eigenvalue weighted by molar-refractivity contribution is 5.88. The van der Waals surface area contributed by atoms with Crippen molar-refractivity contribution in [1.29, 1.82) is 0 Å². The van der Waals surface area contributed by atoms with Crippen LogP contribution in [0.3, 0.4) is 0 Å². The van der Waals surface area contributed by atoms with Gasteiger partial charge in [0.2, 0.25) is 0 Å². The lowest BCUT2D eigenvalue weighted by Crippen LogP contribution is -2.04. The molecule has 1 rings (SSSR count). The van der Waals surface area contributed by atoms with E-state index in [1.807, 2.05) is 0 Å². The number of hydrogen-bond donors (Lipinski definition) is 1. The van der Waals surface area contributed by atoms with Crippen molar-refractivity contribution in [2.75, 3.05) is 0 Å². The fraction of sp³-hybridized carbons (Fsp3) is 0.200. The first-order valence-electron chi connectivity index (χ1n) is 4.03. The molecular weight excluding hydrogens is 184 g/mol. The molecule has 4 nitrogen and oxygen atoms in total. The van der Waals surface area contributed by atoms with E-state index in [0.717, 1.165) is 0 Å². The monoisotopic (exact) mass is 194 g/mol. The average molecular weight is 194 g/mol. The lowest BCUT2D eigenvalue weighted by molar-refractivity contribution is -0.131. The van der Waals surface area contributed by atoms with Gasteiger partial charge < -0.3 is 9.84 Å². The Kier molecular flexibility index (Phi) is 2.86. The molecule has 0 bridgehead atoms. The summed E-state index contributed by atoms with van der Waals surface area (Å²) in [4.78, 5) is 21.2. The third-order valence-corrected chi connectivity index (χ3v) is 1.68. The number of aryl methyl sites for hydroxylation is 1. The summed E-state index contributed by atoms with van der Waals surface area (Å²) in [5.41, 5.74) is 0.804. The summed E-state index contributed by atoms with van der Waals surface area (Å²) in [7, 11) is 0. The summed E-state index contributed by atoms with van der Waals surface area (Å²) in [6.07, 6.45) is 0. The fourth-order valence-corrected chi connectivity index (χ4v) is 1.05. The molecule has 0 amide bonds. The molecule has 14 heavy (non-hydrogen) atoms. The molecule has 0 spiro atoms. The van der Waals surface area contributed by atoms with Gasteiger partial charge in [-0.2, -0.15) is 0 Å². The minimum absolute atomic E-state index is 0.179. The van der Waals surface area contributed by atoms with Crippen LogP contribution >= 0.6 is 0 Å². The van der Waals surface area contributed by atoms with Crippen LogP contribution in [-0.2, 0) is 4.79 Å². The van der Waals surface area contributed by atoms with Crippen molar-refractivity contribution >= 4 is 11.9 Å². The van der Waals surface area contributed by atoms with Gasteiger partial charge >= 0.3 is 11.9 Å². The molecule has 0 atom stereocenters. The Balaban J connectivity index is 3.01. The minimum Gasteiger partial charge on any atom is -0.478 e. The third kappa shape index (κ3) is 2.32. The van der Waals surface area contributed by atoms with Gasteiger partial charge in [-0.3, -0.25) is 4.79 Å². The molecule has 0 saturated heterocycles. The quantitative estimate of drug-likeness (QED) is 0.574. The third-order valence-electron chi connectivity index (χ3n) is 1.68. The summed E-state index contributed by atoms with van der Waals surface area (Å²) in [5, 5.41) is 8.67. The lowest BCUT2D eigenvalue weighted by atomic mass is 10.1. The molecule has 0 aromatic heterocycles. The predicted molar refractivity (Wildman–Crippen MR) is 49.4 cm³/mol. The Labute approximate surface area is 81.1 Å². The van der Waals surface area contributed by atoms with Crippen LogP contribution in [0, 0.1) is 6.92 Å². The maximum absolute atomic E-state index is 10.6. The van der Waals surface area contributed by atoms with Gasteiger partial charge in [-0.05, 0) is 30.7 Å². The molecule has 0 fully saturated rings. The average Bonchev–Trinajstić information content (AvgIpc) is 2.07. The van der Waals surface area contributed by atoms with E-state index in [9.17, 15) is 9.59 Å². The number of benzene rings is 1. The Bertz CT molecular complexity index is 382. The number of ether oxygens (including phenoxy) is 1. The van der Waals surface area contributed by atoms with Gasteiger partial charge in [-0.1, -0.05) is 0 Å². The van der Waals surface area contributed by atoms with E-state index >= 15 is 0 Å². The van der Waals surface area contributed by atoms with Gasteiger partial charge in [0.25, 0.3) is 0 Å². The van der Waals surface area contributed by atoms with Gasteiger partial charge in [0.1, 0.15) is 5.75 Å². The number of aromatic carboxylic acids is 1. The van der Waals surface area contributed by atoms with Crippen LogP contribution in [-0.4, -0.2) is 17.0 Å². The van der Waals surface area contributed by atoms with Gasteiger partial charge in [0.15, 0.2) is 0 Å². The van der Waals surface area contributed by atoms with E-state index in [1.54, 1.807) is 6.92 Å². The Morgan fingerprint density at radius 2 is 2.00 bits per heavy atom. The summed E-state index contributed by atoms with van der Waals surface area (Å²) >= 11 is 0. The van der Waals surface area contributed by atoms with Crippen molar-refractivity contribution in [3.63, 3.8) is 0 Å². The van der Waals surface area contributed by atoms with E-state index in [2.05, 4.69) is 0 Å². The molecule has 1 N–H and O–H groups in total. The van der Waals surface area contributed by atoms with Gasteiger partial charge in [0, 0.05) is 6.92 Å². The SMILES string of the molecule is CC(=O)Oc1ccc(C(=O)O)cc1C. The molecule has 0 saturated carbocycles. The number of carboxylic acid groups (broad SMARTS) is 1. The zero-order chi connectivity index (χ0) is 10.7. The molecule has 1 aromatic carbocycles. The second-order valence-electron chi connectivity index (χ2n) is 2.88. The van der Waals surface area contributed by atoms with E-state index in [0.29, 0.717) is 11.3 Å². The van der Waals surface area contributed by atoms with Crippen LogP contribution in [0.2, 0.25) is 0 Å². The van der Waals surface area contributed by atoms with E-state index in [1.165, 1.54) is 25.1 Å². The highest BCUT2D eigenvalue weighted by atomic mass is 16.5. The van der Waals surface area contributed by atoms with Crippen LogP contribution in [0.4, 0.5) is 0 Å². The molecule has 4 heteroatoms. The van der Waals surface area contributed by atoms with E-state index in [-0.39, 0.29) is 5.56 Å². The maximum atomic E-state index is 10.6. The summed E-state index contributed by atoms with van der Waals surface area (Å²) < 4.78 is 4.85. The molecule has 0 heterocycles. The minimum atomic E-state index is -0.998. The predicted octanol–water partition coefficient (Wildman–Crippen LogP) is 1.62. The second kappa shape index (κ2) is 3.91. The zero-order valence-electron chi connectivity index (χ0n) is 7.90. The number of rotatable bonds is 2. The molecule has 0 unspecified atom stereocenters. The largest absolute Gasteiger partial charge is 0.478 e. The molecule has 0 aliphatic heterocycles. The first-order valence-corrected chi connectivity index (χ1v) is 4.03. The molecule has 74 valence electrons. The van der Waals surface area contributed by atoms with Crippen molar-refractivity contribution in [1.82, 2.24) is 0 Å². The van der Waals surface area contributed by atoms with Gasteiger partial charge in [0.05, 0.1) is 5.56 Å². The standard InChI is InChI=1S/C10H10O4/c1-6-5-8(10(12)13)3-4-9(6)14-7(2)11/h3-5H,1-2H3,(H,12,13). The van der Waals surface area contributed by atoms with E-state index < -0.39 is 11.9 Å². The van der Waals surface area contributed by atoms with Crippen molar-refractivity contribution < 1.29 is 19.4 Å². The Hall–Kier alpha value is -1.84. The number of carbonyl (C=O) groups excluding carboxylic acids is 1. The Morgan fingerprint density at radius 1 is 1.36 bits per heavy atom. The van der Waals surface area contributed by atoms with Crippen LogP contribution in [0.5, 0.6) is 5.75 Å². The molecule has 1 aromatic rings. The van der Waals surface area contributed by atoms with Crippen molar-refractivity contribution in [2.45, 2.75) is 13.8 Å². The second-order valence-corrected chi connectivity index (χ2v) is 2.88. The summed E-state index contributed by atoms with van der Waals surface area (Å²) in [6, 6.07) is 4.33. The van der Waals surface area contributed by atoms with Crippen LogP contribution in [0.25, 0.3) is 0 Å². The Morgan fingerprint density at radius 3 is 2.43 bits per heavy atom. The van der Waals surface area contributed by atoms with Crippen LogP contribution in [0.15, 0.2) is 18.2 Å². The van der Waals surface area contributed by atoms with Crippen LogP contribution in [0.1, 0.15) is 22.8 Å². The van der Waals surface area contributed by atoms with Crippen molar-refractivity contribution in [2.24, 2.45) is 0 Å². The number of carbonyl (C=O) groups is 2. The zero-order valence-corrected chi connectivity index (χ0v) is 7.90. The molecule has 0 aliphatic rings. The fourth-order valence-electron chi connectivity index (χ4n) is 1.05. The summed E-state index contributed by atoms with van der Waals surface area (Å²) in [6.45, 7) is 2.98. The van der Waals surface area contributed by atoms with Crippen molar-refractivity contribution in [3.05, 3.63) is 29.3 Å². The lowest BCUT2D eigenvalue weighted by Gasteiger charge is -2.05.